The van der Waals surface area contributed by atoms with Gasteiger partial charge in [-0.2, -0.15) is 0 Å². The number of hydrogen-bond donors (Lipinski definition) is 0. The zero-order valence-corrected chi connectivity index (χ0v) is 14.5. The number of rotatable bonds is 7. The van der Waals surface area contributed by atoms with Gasteiger partial charge in [-0.05, 0) is 41.5 Å². The topological polar surface area (TPSA) is 89.8 Å². The van der Waals surface area contributed by atoms with E-state index in [1.54, 1.807) is 12.1 Å². The molecule has 0 spiro atoms. The van der Waals surface area contributed by atoms with Crippen LogP contribution in [0.15, 0.2) is 54.6 Å². The van der Waals surface area contributed by atoms with Crippen LogP contribution in [-0.2, 0) is 20.9 Å². The Hall–Kier alpha value is -3.55. The highest BCUT2D eigenvalue weighted by Gasteiger charge is 2.12. The minimum atomic E-state index is -0.721. The Morgan fingerprint density at radius 3 is 2.56 bits per heavy atom. The number of esters is 1. The SMILES string of the molecule is CN(Cc1cccc(F)c1)C(=O)COC(=O)/C=C/c1ccc([N+](=O)[O-])cc1. The summed E-state index contributed by atoms with van der Waals surface area (Å²) in [7, 11) is 1.52. The average Bonchev–Trinajstić information content (AvgIpc) is 2.64. The van der Waals surface area contributed by atoms with Crippen molar-refractivity contribution in [2.75, 3.05) is 13.7 Å². The van der Waals surface area contributed by atoms with Crippen molar-refractivity contribution in [3.63, 3.8) is 0 Å². The number of ether oxygens (including phenoxy) is 1. The first-order valence-corrected chi connectivity index (χ1v) is 7.93. The van der Waals surface area contributed by atoms with Crippen LogP contribution in [0.4, 0.5) is 10.1 Å². The Kier molecular flexibility index (Phi) is 6.76. The van der Waals surface area contributed by atoms with E-state index in [0.29, 0.717) is 11.1 Å². The fourth-order valence-electron chi connectivity index (χ4n) is 2.16. The minimum absolute atomic E-state index is 0.0540. The number of hydrogen-bond acceptors (Lipinski definition) is 5. The van der Waals surface area contributed by atoms with E-state index >= 15 is 0 Å². The third-order valence-electron chi connectivity index (χ3n) is 3.59. The monoisotopic (exact) mass is 372 g/mol. The van der Waals surface area contributed by atoms with Gasteiger partial charge in [0, 0.05) is 31.8 Å². The van der Waals surface area contributed by atoms with Crippen molar-refractivity contribution in [3.8, 4) is 0 Å². The number of non-ortho nitro benzene ring substituents is 1. The van der Waals surface area contributed by atoms with Crippen LogP contribution in [0.25, 0.3) is 6.08 Å². The zero-order valence-electron chi connectivity index (χ0n) is 14.5. The lowest BCUT2D eigenvalue weighted by molar-refractivity contribution is -0.384. The number of amides is 1. The van der Waals surface area contributed by atoms with Crippen LogP contribution < -0.4 is 0 Å². The van der Waals surface area contributed by atoms with Gasteiger partial charge in [-0.3, -0.25) is 14.9 Å². The maximum atomic E-state index is 13.1. The molecule has 0 saturated heterocycles. The number of nitro benzene ring substituents is 1. The summed E-state index contributed by atoms with van der Waals surface area (Å²) < 4.78 is 18.0. The van der Waals surface area contributed by atoms with Crippen molar-refractivity contribution in [2.24, 2.45) is 0 Å². The van der Waals surface area contributed by atoms with E-state index in [0.717, 1.165) is 6.08 Å². The van der Waals surface area contributed by atoms with E-state index < -0.39 is 29.2 Å². The van der Waals surface area contributed by atoms with Gasteiger partial charge < -0.3 is 9.64 Å². The molecule has 2 rings (SSSR count). The molecule has 0 aliphatic heterocycles. The second kappa shape index (κ2) is 9.23. The molecule has 0 aromatic heterocycles. The molecule has 2 aromatic rings. The van der Waals surface area contributed by atoms with Crippen LogP contribution in [-0.4, -0.2) is 35.4 Å². The lowest BCUT2D eigenvalue weighted by Gasteiger charge is -2.17. The second-order valence-electron chi connectivity index (χ2n) is 5.67. The van der Waals surface area contributed by atoms with Gasteiger partial charge >= 0.3 is 5.97 Å². The summed E-state index contributed by atoms with van der Waals surface area (Å²) in [4.78, 5) is 35.0. The molecule has 7 nitrogen and oxygen atoms in total. The molecule has 140 valence electrons. The van der Waals surface area contributed by atoms with Crippen LogP contribution >= 0.6 is 0 Å². The van der Waals surface area contributed by atoms with Crippen LogP contribution in [0.3, 0.4) is 0 Å². The van der Waals surface area contributed by atoms with Crippen LogP contribution in [0.5, 0.6) is 0 Å². The van der Waals surface area contributed by atoms with Crippen molar-refractivity contribution in [3.05, 3.63) is 81.7 Å². The summed E-state index contributed by atoms with van der Waals surface area (Å²) in [5.74, 6) is -1.55. The number of nitrogens with zero attached hydrogens (tertiary/aromatic N) is 2. The molecule has 0 unspecified atom stereocenters. The average molecular weight is 372 g/mol. The van der Waals surface area contributed by atoms with Gasteiger partial charge in [0.05, 0.1) is 4.92 Å². The molecule has 0 atom stereocenters. The maximum Gasteiger partial charge on any atom is 0.331 e. The van der Waals surface area contributed by atoms with E-state index in [2.05, 4.69) is 0 Å². The van der Waals surface area contributed by atoms with Crippen molar-refractivity contribution in [1.82, 2.24) is 4.90 Å². The molecule has 8 heteroatoms. The first-order chi connectivity index (χ1) is 12.8. The number of benzene rings is 2. The van der Waals surface area contributed by atoms with E-state index in [1.807, 2.05) is 0 Å². The molecule has 27 heavy (non-hydrogen) atoms. The first-order valence-electron chi connectivity index (χ1n) is 7.93. The van der Waals surface area contributed by atoms with Crippen molar-refractivity contribution >= 4 is 23.6 Å². The Balaban J connectivity index is 1.81. The molecule has 1 amide bonds. The summed E-state index contributed by atoms with van der Waals surface area (Å²) in [5, 5.41) is 10.6. The quantitative estimate of drug-likeness (QED) is 0.323. The number of nitro groups is 1. The molecule has 0 aliphatic carbocycles. The van der Waals surface area contributed by atoms with Gasteiger partial charge in [-0.25, -0.2) is 9.18 Å². The van der Waals surface area contributed by atoms with Crippen LogP contribution in [0.2, 0.25) is 0 Å². The maximum absolute atomic E-state index is 13.1. The summed E-state index contributed by atoms with van der Waals surface area (Å²) in [6.45, 7) is -0.262. The lowest BCUT2D eigenvalue weighted by Crippen LogP contribution is -2.30. The third kappa shape index (κ3) is 6.35. The van der Waals surface area contributed by atoms with E-state index in [-0.39, 0.29) is 12.2 Å². The van der Waals surface area contributed by atoms with Gasteiger partial charge in [-0.15, -0.1) is 0 Å². The number of halogens is 1. The molecular weight excluding hydrogens is 355 g/mol. The van der Waals surface area contributed by atoms with Crippen LogP contribution in [0, 0.1) is 15.9 Å². The molecule has 0 N–H and O–H groups in total. The predicted molar refractivity (Wildman–Crippen MR) is 96.0 cm³/mol. The third-order valence-corrected chi connectivity index (χ3v) is 3.59. The van der Waals surface area contributed by atoms with Gasteiger partial charge in [0.15, 0.2) is 6.61 Å². The van der Waals surface area contributed by atoms with Crippen LogP contribution in [0.1, 0.15) is 11.1 Å². The van der Waals surface area contributed by atoms with Gasteiger partial charge in [0.1, 0.15) is 5.82 Å². The fourth-order valence-corrected chi connectivity index (χ4v) is 2.16. The normalized spacial score (nSPS) is 10.6. The Morgan fingerprint density at radius 1 is 1.22 bits per heavy atom. The highest BCUT2D eigenvalue weighted by molar-refractivity contribution is 5.89. The summed E-state index contributed by atoms with van der Waals surface area (Å²) in [5.41, 5.74) is 1.14. The minimum Gasteiger partial charge on any atom is -0.452 e. The Morgan fingerprint density at radius 2 is 1.93 bits per heavy atom. The molecule has 0 saturated carbocycles. The number of likely N-dealkylation sites (N-methyl/N-ethyl adjacent to an activating group) is 1. The molecule has 0 bridgehead atoms. The molecule has 0 radical (unpaired) electrons. The number of carbonyl (C=O) groups excluding carboxylic acids is 2. The molecule has 0 heterocycles. The Labute approximate surface area is 154 Å². The Bertz CT molecular complexity index is 865. The lowest BCUT2D eigenvalue weighted by atomic mass is 10.2. The summed E-state index contributed by atoms with van der Waals surface area (Å²) in [6, 6.07) is 11.5. The van der Waals surface area contributed by atoms with E-state index in [4.69, 9.17) is 4.74 Å². The standard InChI is InChI=1S/C19H17FN2O5/c1-21(12-15-3-2-4-16(20)11-15)18(23)13-27-19(24)10-7-14-5-8-17(9-6-14)22(25)26/h2-11H,12-13H2,1H3/b10-7+. The van der Waals surface area contributed by atoms with Gasteiger partial charge in [0.25, 0.3) is 11.6 Å². The predicted octanol–water partition coefficient (Wildman–Crippen LogP) is 2.95. The first kappa shape index (κ1) is 19.8. The molecule has 0 aliphatic rings. The van der Waals surface area contributed by atoms with E-state index in [1.165, 1.54) is 54.4 Å². The highest BCUT2D eigenvalue weighted by atomic mass is 19.1. The van der Waals surface area contributed by atoms with Gasteiger partial charge in [0.2, 0.25) is 0 Å². The van der Waals surface area contributed by atoms with E-state index in [9.17, 15) is 24.1 Å². The fraction of sp³-hybridized carbons (Fsp3) is 0.158. The van der Waals surface area contributed by atoms with Gasteiger partial charge in [-0.1, -0.05) is 12.1 Å². The summed E-state index contributed by atoms with van der Waals surface area (Å²) >= 11 is 0. The largest absolute Gasteiger partial charge is 0.452 e. The molecular formula is C19H17FN2O5. The molecule has 2 aromatic carbocycles. The number of carbonyl (C=O) groups is 2. The highest BCUT2D eigenvalue weighted by Crippen LogP contribution is 2.13. The molecule has 0 fully saturated rings. The smallest absolute Gasteiger partial charge is 0.331 e. The van der Waals surface area contributed by atoms with Crippen molar-refractivity contribution in [2.45, 2.75) is 6.54 Å². The van der Waals surface area contributed by atoms with Crippen molar-refractivity contribution < 1.29 is 23.6 Å². The van der Waals surface area contributed by atoms with Crippen molar-refractivity contribution in [1.29, 1.82) is 0 Å². The summed E-state index contributed by atoms with van der Waals surface area (Å²) in [6.07, 6.45) is 2.55. The second-order valence-corrected chi connectivity index (χ2v) is 5.67. The zero-order chi connectivity index (χ0) is 19.8.